The number of pyridine rings is 1. The van der Waals surface area contributed by atoms with Crippen LogP contribution < -0.4 is 5.32 Å². The van der Waals surface area contributed by atoms with Crippen molar-refractivity contribution in [2.45, 2.75) is 6.92 Å². The maximum Gasteiger partial charge on any atom is 0.196 e. The average Bonchev–Trinajstić information content (AvgIpc) is 2.54. The third-order valence-corrected chi connectivity index (χ3v) is 3.52. The number of oxime groups is 1. The number of halogens is 4. The van der Waals surface area contributed by atoms with Gasteiger partial charge in [-0.2, -0.15) is 0 Å². The summed E-state index contributed by atoms with van der Waals surface area (Å²) >= 11 is 2.07. The largest absolute Gasteiger partial charge is 0.393 e. The Kier molecular flexibility index (Phi) is 6.37. The molecule has 0 aliphatic heterocycles. The lowest BCUT2D eigenvalue weighted by Gasteiger charge is -2.13. The molecule has 1 heterocycles. The van der Waals surface area contributed by atoms with E-state index in [2.05, 4.69) is 42.9 Å². The van der Waals surface area contributed by atoms with Crippen LogP contribution >= 0.6 is 22.6 Å². The smallest absolute Gasteiger partial charge is 0.196 e. The van der Waals surface area contributed by atoms with Crippen LogP contribution in [-0.4, -0.2) is 29.5 Å². The zero-order chi connectivity index (χ0) is 17.7. The van der Waals surface area contributed by atoms with Crippen LogP contribution in [0, 0.1) is 27.9 Å². The Morgan fingerprint density at radius 2 is 2.08 bits per heavy atom. The maximum atomic E-state index is 14.1. The average molecular weight is 451 g/mol. The van der Waals surface area contributed by atoms with E-state index < -0.39 is 17.5 Å². The van der Waals surface area contributed by atoms with Gasteiger partial charge in [-0.05, 0) is 47.2 Å². The van der Waals surface area contributed by atoms with E-state index in [1.807, 2.05) is 0 Å². The van der Waals surface area contributed by atoms with E-state index in [-0.39, 0.29) is 24.5 Å². The molecule has 0 amide bonds. The number of aromatic nitrogens is 1. The first kappa shape index (κ1) is 18.5. The molecule has 0 radical (unpaired) electrons. The van der Waals surface area contributed by atoms with Gasteiger partial charge in [0.2, 0.25) is 0 Å². The van der Waals surface area contributed by atoms with Crippen LogP contribution in [0.25, 0.3) is 0 Å². The van der Waals surface area contributed by atoms with Crippen molar-refractivity contribution >= 4 is 40.3 Å². The fourth-order valence-electron chi connectivity index (χ4n) is 1.82. The van der Waals surface area contributed by atoms with Crippen LogP contribution in [0.2, 0.25) is 0 Å². The molecular weight excluding hydrogens is 438 g/mol. The lowest BCUT2D eigenvalue weighted by Crippen LogP contribution is -2.06. The van der Waals surface area contributed by atoms with E-state index >= 15 is 0 Å². The molecule has 5 nitrogen and oxygen atoms in total. The summed E-state index contributed by atoms with van der Waals surface area (Å²) in [5.41, 5.74) is 0.316. The van der Waals surface area contributed by atoms with Gasteiger partial charge in [-0.1, -0.05) is 5.16 Å². The molecular formula is C15H13F3IN3O2. The van der Waals surface area contributed by atoms with Gasteiger partial charge in [-0.25, -0.2) is 18.2 Å². The highest BCUT2D eigenvalue weighted by Crippen LogP contribution is 2.28. The van der Waals surface area contributed by atoms with Crippen molar-refractivity contribution in [3.8, 4) is 0 Å². The number of aliphatic hydroxyl groups is 1. The Labute approximate surface area is 149 Å². The summed E-state index contributed by atoms with van der Waals surface area (Å²) in [5, 5.41) is 14.7. The van der Waals surface area contributed by atoms with Crippen molar-refractivity contribution in [2.75, 3.05) is 18.5 Å². The molecule has 9 heteroatoms. The molecule has 2 N–H and O–H groups in total. The molecule has 0 saturated carbocycles. The van der Waals surface area contributed by atoms with Crippen LogP contribution in [0.5, 0.6) is 0 Å². The van der Waals surface area contributed by atoms with Gasteiger partial charge in [0.25, 0.3) is 0 Å². The highest BCUT2D eigenvalue weighted by molar-refractivity contribution is 14.1. The number of benzene rings is 1. The Bertz CT molecular complexity index is 772. The minimum absolute atomic E-state index is 0.0657. The van der Waals surface area contributed by atoms with E-state index in [4.69, 9.17) is 5.11 Å². The van der Waals surface area contributed by atoms with Crippen LogP contribution in [0.15, 0.2) is 23.5 Å². The highest BCUT2D eigenvalue weighted by atomic mass is 127. The molecule has 0 fully saturated rings. The molecule has 2 rings (SSSR count). The van der Waals surface area contributed by atoms with E-state index in [1.165, 1.54) is 0 Å². The Hall–Kier alpha value is -1.88. The van der Waals surface area contributed by atoms with E-state index in [1.54, 1.807) is 19.2 Å². The first-order chi connectivity index (χ1) is 11.4. The third-order valence-electron chi connectivity index (χ3n) is 2.93. The summed E-state index contributed by atoms with van der Waals surface area (Å²) in [4.78, 5) is 8.78. The summed E-state index contributed by atoms with van der Waals surface area (Å²) in [6.07, 6.45) is 2.57. The minimum Gasteiger partial charge on any atom is -0.393 e. The van der Waals surface area contributed by atoms with Crippen LogP contribution in [0.3, 0.4) is 0 Å². The Morgan fingerprint density at radius 1 is 1.33 bits per heavy atom. The van der Waals surface area contributed by atoms with Gasteiger partial charge < -0.3 is 15.3 Å². The van der Waals surface area contributed by atoms with E-state index in [9.17, 15) is 13.2 Å². The number of nitrogens with zero attached hydrogens (tertiary/aromatic N) is 2. The number of nitrogens with one attached hydrogen (secondary N) is 1. The zero-order valence-corrected chi connectivity index (χ0v) is 14.6. The maximum absolute atomic E-state index is 14.1. The fraction of sp³-hybridized carbons (Fsp3) is 0.200. The number of rotatable bonds is 6. The van der Waals surface area contributed by atoms with Gasteiger partial charge in [0, 0.05) is 15.3 Å². The molecule has 1 aromatic heterocycles. The van der Waals surface area contributed by atoms with Crippen molar-refractivity contribution in [2.24, 2.45) is 5.16 Å². The topological polar surface area (TPSA) is 66.7 Å². The first-order valence-electron chi connectivity index (χ1n) is 6.77. The Morgan fingerprint density at radius 3 is 2.75 bits per heavy atom. The van der Waals surface area contributed by atoms with Crippen LogP contribution in [0.1, 0.15) is 11.1 Å². The second-order valence-electron chi connectivity index (χ2n) is 4.69. The van der Waals surface area contributed by atoms with Gasteiger partial charge in [0.15, 0.2) is 17.5 Å². The second kappa shape index (κ2) is 8.29. The monoisotopic (exact) mass is 451 g/mol. The van der Waals surface area contributed by atoms with Gasteiger partial charge in [-0.3, -0.25) is 0 Å². The van der Waals surface area contributed by atoms with Gasteiger partial charge in [0.05, 0.1) is 18.5 Å². The van der Waals surface area contributed by atoms with Crippen molar-refractivity contribution in [3.63, 3.8) is 0 Å². The van der Waals surface area contributed by atoms with Gasteiger partial charge in [0.1, 0.15) is 12.4 Å². The molecule has 0 spiro atoms. The van der Waals surface area contributed by atoms with E-state index in [0.29, 0.717) is 11.4 Å². The predicted molar refractivity (Wildman–Crippen MR) is 91.9 cm³/mol. The number of anilines is 2. The van der Waals surface area contributed by atoms with Gasteiger partial charge in [-0.15, -0.1) is 0 Å². The second-order valence-corrected chi connectivity index (χ2v) is 5.93. The number of hydrogen-bond donors (Lipinski definition) is 2. The van der Waals surface area contributed by atoms with E-state index in [0.717, 1.165) is 15.9 Å². The quantitative estimate of drug-likeness (QED) is 0.232. The number of hydrogen-bond acceptors (Lipinski definition) is 5. The number of aryl methyl sites for hydroxylation is 1. The molecule has 24 heavy (non-hydrogen) atoms. The molecule has 2 aromatic rings. The van der Waals surface area contributed by atoms with Crippen molar-refractivity contribution in [3.05, 3.63) is 50.5 Å². The summed E-state index contributed by atoms with van der Waals surface area (Å²) in [7, 11) is 0. The summed E-state index contributed by atoms with van der Waals surface area (Å²) < 4.78 is 42.0. The summed E-state index contributed by atoms with van der Waals surface area (Å²) in [6, 6.07) is 2.58. The lowest BCUT2D eigenvalue weighted by atomic mass is 10.1. The molecule has 0 aliphatic carbocycles. The van der Waals surface area contributed by atoms with Crippen LogP contribution in [-0.2, 0) is 4.84 Å². The standard InChI is InChI=1S/C15H13F3IN3O2/c1-8-4-10(19)7-20-15(8)22-14-9(6-21-24-3-2-23)5-11(16)12(17)13(14)18/h4-7,23H,2-3H2,1H3,(H,20,22)/b21-6+. The van der Waals surface area contributed by atoms with Crippen molar-refractivity contribution < 1.29 is 23.1 Å². The van der Waals surface area contributed by atoms with Crippen molar-refractivity contribution in [1.82, 2.24) is 4.98 Å². The molecule has 0 atom stereocenters. The minimum atomic E-state index is -1.60. The third kappa shape index (κ3) is 4.35. The predicted octanol–water partition coefficient (Wildman–Crippen LogP) is 3.50. The number of aliphatic hydroxyl groups excluding tert-OH is 1. The molecule has 0 saturated heterocycles. The zero-order valence-electron chi connectivity index (χ0n) is 12.5. The van der Waals surface area contributed by atoms with Crippen LogP contribution in [0.4, 0.5) is 24.7 Å². The Balaban J connectivity index is 2.42. The molecule has 128 valence electrons. The fourth-order valence-corrected chi connectivity index (χ4v) is 2.43. The molecule has 0 aliphatic rings. The SMILES string of the molecule is Cc1cc(I)cnc1Nc1c(/C=N/OCCO)cc(F)c(F)c1F. The highest BCUT2D eigenvalue weighted by Gasteiger charge is 2.19. The molecule has 1 aromatic carbocycles. The summed E-state index contributed by atoms with van der Waals surface area (Å²) in [5.74, 6) is -4.05. The molecule has 0 unspecified atom stereocenters. The van der Waals surface area contributed by atoms with Gasteiger partial charge >= 0.3 is 0 Å². The first-order valence-corrected chi connectivity index (χ1v) is 7.84. The molecule has 0 bridgehead atoms. The lowest BCUT2D eigenvalue weighted by molar-refractivity contribution is 0.0997. The summed E-state index contributed by atoms with van der Waals surface area (Å²) in [6.45, 7) is 1.40. The normalized spacial score (nSPS) is 11.1. The van der Waals surface area contributed by atoms with Crippen molar-refractivity contribution in [1.29, 1.82) is 0 Å².